The Hall–Kier alpha value is -2.75. The van der Waals surface area contributed by atoms with E-state index in [0.717, 1.165) is 17.7 Å². The summed E-state index contributed by atoms with van der Waals surface area (Å²) in [7, 11) is 0. The van der Waals surface area contributed by atoms with Crippen LogP contribution in [-0.4, -0.2) is 10.8 Å². The number of rotatable bonds is 6. The molecule has 0 saturated heterocycles. The van der Waals surface area contributed by atoms with Gasteiger partial charge in [-0.15, -0.1) is 0 Å². The average Bonchev–Trinajstić information content (AvgIpc) is 3.06. The van der Waals surface area contributed by atoms with Crippen molar-refractivity contribution in [2.45, 2.75) is 20.0 Å². The van der Waals surface area contributed by atoms with Gasteiger partial charge in [0.15, 0.2) is 0 Å². The summed E-state index contributed by atoms with van der Waals surface area (Å²) in [6.45, 7) is 3.44. The standard InChI is InChI=1S/C24H21Cl2N3/c1-17-7-2-3-8-18(17)15-29-16-19(20-9-4-5-12-24(20)29)13-27-28-14-21-22(25)10-6-11-23(21)26/h2-13,16,28H,14-15H2,1H3/b27-13+. The number of fused-ring (bicyclic) bond motifs is 1. The fourth-order valence-corrected chi connectivity index (χ4v) is 3.95. The maximum atomic E-state index is 6.22. The molecular formula is C24H21Cl2N3. The van der Waals surface area contributed by atoms with E-state index in [4.69, 9.17) is 23.2 Å². The van der Waals surface area contributed by atoms with Crippen molar-refractivity contribution in [3.63, 3.8) is 0 Å². The Morgan fingerprint density at radius 2 is 1.66 bits per heavy atom. The van der Waals surface area contributed by atoms with Crippen molar-refractivity contribution in [3.05, 3.63) is 105 Å². The second-order valence-electron chi connectivity index (χ2n) is 6.95. The number of hydrogen-bond acceptors (Lipinski definition) is 2. The third-order valence-electron chi connectivity index (χ3n) is 5.03. The summed E-state index contributed by atoms with van der Waals surface area (Å²) < 4.78 is 2.27. The first-order valence-electron chi connectivity index (χ1n) is 9.44. The first kappa shape index (κ1) is 19.6. The van der Waals surface area contributed by atoms with E-state index < -0.39 is 0 Å². The van der Waals surface area contributed by atoms with E-state index in [-0.39, 0.29) is 0 Å². The highest BCUT2D eigenvalue weighted by Gasteiger charge is 2.08. The van der Waals surface area contributed by atoms with Crippen molar-refractivity contribution in [1.82, 2.24) is 9.99 Å². The van der Waals surface area contributed by atoms with Gasteiger partial charge in [0, 0.05) is 44.8 Å². The van der Waals surface area contributed by atoms with Crippen LogP contribution in [-0.2, 0) is 13.1 Å². The number of halogens is 2. The van der Waals surface area contributed by atoms with E-state index in [0.29, 0.717) is 16.6 Å². The molecule has 0 aliphatic rings. The van der Waals surface area contributed by atoms with E-state index in [9.17, 15) is 0 Å². The normalized spacial score (nSPS) is 11.4. The van der Waals surface area contributed by atoms with Gasteiger partial charge in [0.05, 0.1) is 12.8 Å². The minimum absolute atomic E-state index is 0.469. The van der Waals surface area contributed by atoms with Crippen LogP contribution in [0.1, 0.15) is 22.3 Å². The van der Waals surface area contributed by atoms with Gasteiger partial charge < -0.3 is 9.99 Å². The largest absolute Gasteiger partial charge is 0.342 e. The molecule has 1 N–H and O–H groups in total. The number of para-hydroxylation sites is 1. The molecule has 0 atom stereocenters. The Labute approximate surface area is 180 Å². The molecule has 1 heterocycles. The van der Waals surface area contributed by atoms with E-state index >= 15 is 0 Å². The molecule has 0 bridgehead atoms. The van der Waals surface area contributed by atoms with E-state index in [1.807, 2.05) is 24.4 Å². The first-order chi connectivity index (χ1) is 14.1. The Kier molecular flexibility index (Phi) is 5.89. The minimum atomic E-state index is 0.469. The lowest BCUT2D eigenvalue weighted by atomic mass is 10.1. The molecular weight excluding hydrogens is 401 g/mol. The number of hydrogen-bond donors (Lipinski definition) is 1. The molecule has 0 radical (unpaired) electrons. The molecule has 0 unspecified atom stereocenters. The molecule has 3 aromatic carbocycles. The fourth-order valence-electron chi connectivity index (χ4n) is 3.42. The lowest BCUT2D eigenvalue weighted by molar-refractivity contribution is 0.748. The number of nitrogens with zero attached hydrogens (tertiary/aromatic N) is 2. The Balaban J connectivity index is 1.56. The van der Waals surface area contributed by atoms with Gasteiger partial charge in [-0.3, -0.25) is 0 Å². The Morgan fingerprint density at radius 3 is 2.45 bits per heavy atom. The molecule has 4 aromatic rings. The maximum Gasteiger partial charge on any atom is 0.0609 e. The summed E-state index contributed by atoms with van der Waals surface area (Å²) in [5.41, 5.74) is 8.75. The molecule has 29 heavy (non-hydrogen) atoms. The van der Waals surface area contributed by atoms with Crippen LogP contribution in [0.15, 0.2) is 78.0 Å². The van der Waals surface area contributed by atoms with Gasteiger partial charge in [-0.2, -0.15) is 5.10 Å². The van der Waals surface area contributed by atoms with E-state index in [1.165, 1.54) is 22.0 Å². The lowest BCUT2D eigenvalue weighted by Gasteiger charge is -2.08. The van der Waals surface area contributed by atoms with Crippen LogP contribution in [0.25, 0.3) is 10.9 Å². The van der Waals surface area contributed by atoms with Crippen LogP contribution in [0.3, 0.4) is 0 Å². The zero-order valence-corrected chi connectivity index (χ0v) is 17.6. The predicted octanol–water partition coefficient (Wildman–Crippen LogP) is 6.43. The molecule has 0 saturated carbocycles. The molecule has 3 nitrogen and oxygen atoms in total. The van der Waals surface area contributed by atoms with Crippen molar-refractivity contribution >= 4 is 40.3 Å². The van der Waals surface area contributed by atoms with Gasteiger partial charge in [-0.25, -0.2) is 0 Å². The lowest BCUT2D eigenvalue weighted by Crippen LogP contribution is -2.06. The summed E-state index contributed by atoms with van der Waals surface area (Å²) in [6, 6.07) is 22.3. The van der Waals surface area contributed by atoms with Crippen LogP contribution < -0.4 is 5.43 Å². The zero-order chi connectivity index (χ0) is 20.2. The molecule has 5 heteroatoms. The van der Waals surface area contributed by atoms with Crippen molar-refractivity contribution < 1.29 is 0 Å². The van der Waals surface area contributed by atoms with Crippen LogP contribution in [0.5, 0.6) is 0 Å². The molecule has 1 aromatic heterocycles. The molecule has 0 spiro atoms. The molecule has 0 aliphatic heterocycles. The number of benzene rings is 3. The maximum absolute atomic E-state index is 6.22. The van der Waals surface area contributed by atoms with Crippen molar-refractivity contribution in [2.24, 2.45) is 5.10 Å². The SMILES string of the molecule is Cc1ccccc1Cn1cc(/C=N/NCc2c(Cl)cccc2Cl)c2ccccc21. The second-order valence-corrected chi connectivity index (χ2v) is 7.76. The van der Waals surface area contributed by atoms with Crippen LogP contribution in [0, 0.1) is 6.92 Å². The molecule has 0 aliphatic carbocycles. The highest BCUT2D eigenvalue weighted by atomic mass is 35.5. The van der Waals surface area contributed by atoms with Gasteiger partial charge in [-0.05, 0) is 36.2 Å². The number of nitrogens with one attached hydrogen (secondary N) is 1. The van der Waals surface area contributed by atoms with Crippen LogP contribution >= 0.6 is 23.2 Å². The monoisotopic (exact) mass is 421 g/mol. The molecule has 146 valence electrons. The summed E-state index contributed by atoms with van der Waals surface area (Å²) in [5, 5.41) is 6.84. The van der Waals surface area contributed by atoms with Crippen LogP contribution in [0.4, 0.5) is 0 Å². The smallest absolute Gasteiger partial charge is 0.0609 e. The van der Waals surface area contributed by atoms with Gasteiger partial charge in [0.2, 0.25) is 0 Å². The topological polar surface area (TPSA) is 29.3 Å². The van der Waals surface area contributed by atoms with Crippen LogP contribution in [0.2, 0.25) is 10.0 Å². The highest BCUT2D eigenvalue weighted by Crippen LogP contribution is 2.24. The van der Waals surface area contributed by atoms with Gasteiger partial charge in [0.1, 0.15) is 0 Å². The van der Waals surface area contributed by atoms with Gasteiger partial charge in [-0.1, -0.05) is 71.7 Å². The Bertz CT molecular complexity index is 1160. The van der Waals surface area contributed by atoms with Crippen molar-refractivity contribution in [1.29, 1.82) is 0 Å². The predicted molar refractivity (Wildman–Crippen MR) is 123 cm³/mol. The third-order valence-corrected chi connectivity index (χ3v) is 5.74. The van der Waals surface area contributed by atoms with E-state index in [1.54, 1.807) is 0 Å². The number of aryl methyl sites for hydroxylation is 1. The van der Waals surface area contributed by atoms with Crippen molar-refractivity contribution in [2.75, 3.05) is 0 Å². The first-order valence-corrected chi connectivity index (χ1v) is 10.2. The highest BCUT2D eigenvalue weighted by molar-refractivity contribution is 6.35. The molecule has 0 amide bonds. The zero-order valence-electron chi connectivity index (χ0n) is 16.1. The second kappa shape index (κ2) is 8.73. The van der Waals surface area contributed by atoms with Crippen molar-refractivity contribution in [3.8, 4) is 0 Å². The summed E-state index contributed by atoms with van der Waals surface area (Å²) >= 11 is 12.4. The summed E-state index contributed by atoms with van der Waals surface area (Å²) in [5.74, 6) is 0. The number of hydrazone groups is 1. The fraction of sp³-hybridized carbons (Fsp3) is 0.125. The van der Waals surface area contributed by atoms with Gasteiger partial charge in [0.25, 0.3) is 0 Å². The Morgan fingerprint density at radius 1 is 0.931 bits per heavy atom. The summed E-state index contributed by atoms with van der Waals surface area (Å²) in [4.78, 5) is 0. The third kappa shape index (κ3) is 4.31. The van der Waals surface area contributed by atoms with Gasteiger partial charge >= 0.3 is 0 Å². The quantitative estimate of drug-likeness (QED) is 0.282. The average molecular weight is 422 g/mol. The molecule has 0 fully saturated rings. The number of aromatic nitrogens is 1. The van der Waals surface area contributed by atoms with E-state index in [2.05, 4.69) is 76.7 Å². The molecule has 4 rings (SSSR count). The minimum Gasteiger partial charge on any atom is -0.342 e. The summed E-state index contributed by atoms with van der Waals surface area (Å²) in [6.07, 6.45) is 3.99.